The van der Waals surface area contributed by atoms with Gasteiger partial charge in [-0.2, -0.15) is 0 Å². The molecule has 0 bridgehead atoms. The molecule has 0 fully saturated rings. The second-order valence-corrected chi connectivity index (χ2v) is 3.51. The molecule has 1 unspecified atom stereocenters. The zero-order chi connectivity index (χ0) is 10.7. The highest BCUT2D eigenvalue weighted by Crippen LogP contribution is 2.21. The van der Waals surface area contributed by atoms with Gasteiger partial charge in [-0.1, -0.05) is 22.0 Å². The maximum absolute atomic E-state index is 13.2. The first kappa shape index (κ1) is 11.1. The molecule has 76 valence electrons. The summed E-state index contributed by atoms with van der Waals surface area (Å²) in [5, 5.41) is 9.33. The smallest absolute Gasteiger partial charge is 0.339 e. The molecule has 1 atom stereocenters. The van der Waals surface area contributed by atoms with E-state index in [2.05, 4.69) is 20.7 Å². The molecule has 3 nitrogen and oxygen atoms in total. The van der Waals surface area contributed by atoms with Gasteiger partial charge in [0.05, 0.1) is 7.11 Å². The third-order valence-electron chi connectivity index (χ3n) is 1.68. The molecule has 0 aliphatic rings. The number of rotatable bonds is 2. The second kappa shape index (κ2) is 4.52. The molecular weight excluding hydrogens is 255 g/mol. The van der Waals surface area contributed by atoms with Gasteiger partial charge in [-0.05, 0) is 12.1 Å². The highest BCUT2D eigenvalue weighted by molar-refractivity contribution is 9.10. The number of esters is 1. The number of aliphatic hydroxyl groups is 1. The van der Waals surface area contributed by atoms with Crippen LogP contribution in [0.4, 0.5) is 4.39 Å². The van der Waals surface area contributed by atoms with Crippen LogP contribution in [0.15, 0.2) is 22.7 Å². The Hall–Kier alpha value is -0.940. The Balaban J connectivity index is 3.01. The fourth-order valence-corrected chi connectivity index (χ4v) is 1.30. The van der Waals surface area contributed by atoms with Gasteiger partial charge in [0.2, 0.25) is 0 Å². The maximum atomic E-state index is 13.2. The van der Waals surface area contributed by atoms with E-state index < -0.39 is 17.9 Å². The SMILES string of the molecule is COC(=O)C(O)c1ccc(Br)cc1F. The zero-order valence-electron chi connectivity index (χ0n) is 7.33. The summed E-state index contributed by atoms with van der Waals surface area (Å²) in [6.07, 6.45) is -1.58. The molecule has 1 aromatic rings. The van der Waals surface area contributed by atoms with Crippen LogP contribution in [0, 0.1) is 5.82 Å². The highest BCUT2D eigenvalue weighted by atomic mass is 79.9. The van der Waals surface area contributed by atoms with E-state index >= 15 is 0 Å². The topological polar surface area (TPSA) is 46.5 Å². The van der Waals surface area contributed by atoms with E-state index in [1.807, 2.05) is 0 Å². The Morgan fingerprint density at radius 2 is 2.29 bits per heavy atom. The number of hydrogen-bond acceptors (Lipinski definition) is 3. The summed E-state index contributed by atoms with van der Waals surface area (Å²) in [6.45, 7) is 0. The molecule has 0 spiro atoms. The number of aliphatic hydroxyl groups excluding tert-OH is 1. The number of benzene rings is 1. The predicted molar refractivity (Wildman–Crippen MR) is 51.1 cm³/mol. The zero-order valence-corrected chi connectivity index (χ0v) is 8.92. The van der Waals surface area contributed by atoms with E-state index in [4.69, 9.17) is 0 Å². The van der Waals surface area contributed by atoms with Crippen molar-refractivity contribution >= 4 is 21.9 Å². The summed E-state index contributed by atoms with van der Waals surface area (Å²) in [5.74, 6) is -1.54. The molecule has 0 aliphatic heterocycles. The van der Waals surface area contributed by atoms with Crippen molar-refractivity contribution in [2.24, 2.45) is 0 Å². The number of methoxy groups -OCH3 is 1. The lowest BCUT2D eigenvalue weighted by Crippen LogP contribution is -2.14. The first-order chi connectivity index (χ1) is 6.56. The van der Waals surface area contributed by atoms with Crippen molar-refractivity contribution in [1.82, 2.24) is 0 Å². The van der Waals surface area contributed by atoms with E-state index in [0.29, 0.717) is 4.47 Å². The lowest BCUT2D eigenvalue weighted by molar-refractivity contribution is -0.150. The van der Waals surface area contributed by atoms with E-state index in [9.17, 15) is 14.3 Å². The summed E-state index contributed by atoms with van der Waals surface area (Å²) < 4.78 is 18.0. The van der Waals surface area contributed by atoms with Crippen molar-refractivity contribution < 1.29 is 19.0 Å². The van der Waals surface area contributed by atoms with Gasteiger partial charge in [-0.25, -0.2) is 9.18 Å². The standard InChI is InChI=1S/C9H8BrFO3/c1-14-9(13)8(12)6-3-2-5(10)4-7(6)11/h2-4,8,12H,1H3. The Morgan fingerprint density at radius 1 is 1.64 bits per heavy atom. The summed E-state index contributed by atoms with van der Waals surface area (Å²) in [7, 11) is 1.13. The van der Waals surface area contributed by atoms with E-state index in [-0.39, 0.29) is 5.56 Å². The van der Waals surface area contributed by atoms with Crippen LogP contribution < -0.4 is 0 Å². The van der Waals surface area contributed by atoms with E-state index in [0.717, 1.165) is 7.11 Å². The molecule has 0 aromatic heterocycles. The summed E-state index contributed by atoms with van der Waals surface area (Å²) in [6, 6.07) is 4.02. The second-order valence-electron chi connectivity index (χ2n) is 2.59. The third kappa shape index (κ3) is 2.30. The average molecular weight is 263 g/mol. The molecule has 5 heteroatoms. The van der Waals surface area contributed by atoms with Gasteiger partial charge < -0.3 is 9.84 Å². The van der Waals surface area contributed by atoms with E-state index in [1.54, 1.807) is 0 Å². The molecule has 0 saturated heterocycles. The number of carbonyl (C=O) groups is 1. The molecular formula is C9H8BrFO3. The first-order valence-corrected chi connectivity index (χ1v) is 4.56. The number of hydrogen-bond donors (Lipinski definition) is 1. The summed E-state index contributed by atoms with van der Waals surface area (Å²) >= 11 is 3.06. The van der Waals surface area contributed by atoms with Crippen LogP contribution in [-0.4, -0.2) is 18.2 Å². The van der Waals surface area contributed by atoms with Crippen molar-refractivity contribution in [3.8, 4) is 0 Å². The Bertz CT molecular complexity index is 354. The fourth-order valence-electron chi connectivity index (χ4n) is 0.962. The molecule has 14 heavy (non-hydrogen) atoms. The summed E-state index contributed by atoms with van der Waals surface area (Å²) in [5.41, 5.74) is -0.0972. The minimum Gasteiger partial charge on any atom is -0.467 e. The van der Waals surface area contributed by atoms with Gasteiger partial charge >= 0.3 is 5.97 Å². The van der Waals surface area contributed by atoms with Crippen molar-refractivity contribution in [1.29, 1.82) is 0 Å². The van der Waals surface area contributed by atoms with Crippen LogP contribution in [0.2, 0.25) is 0 Å². The monoisotopic (exact) mass is 262 g/mol. The van der Waals surface area contributed by atoms with Crippen molar-refractivity contribution in [2.75, 3.05) is 7.11 Å². The molecule has 0 amide bonds. The molecule has 0 radical (unpaired) electrons. The fraction of sp³-hybridized carbons (Fsp3) is 0.222. The number of halogens is 2. The van der Waals surface area contributed by atoms with Gasteiger partial charge in [-0.3, -0.25) is 0 Å². The molecule has 1 rings (SSSR count). The number of ether oxygens (including phenoxy) is 1. The predicted octanol–water partition coefficient (Wildman–Crippen LogP) is 1.79. The Kier molecular flexibility index (Phi) is 3.60. The van der Waals surface area contributed by atoms with E-state index in [1.165, 1.54) is 18.2 Å². The van der Waals surface area contributed by atoms with Crippen LogP contribution in [-0.2, 0) is 9.53 Å². The molecule has 0 heterocycles. The van der Waals surface area contributed by atoms with Crippen LogP contribution in [0.25, 0.3) is 0 Å². The minimum atomic E-state index is -1.58. The quantitative estimate of drug-likeness (QED) is 0.827. The van der Waals surface area contributed by atoms with Crippen LogP contribution in [0.3, 0.4) is 0 Å². The number of carbonyl (C=O) groups excluding carboxylic acids is 1. The van der Waals surface area contributed by atoms with Crippen molar-refractivity contribution in [3.63, 3.8) is 0 Å². The molecule has 0 aliphatic carbocycles. The van der Waals surface area contributed by atoms with Gasteiger partial charge in [0.25, 0.3) is 0 Å². The van der Waals surface area contributed by atoms with Crippen LogP contribution in [0.5, 0.6) is 0 Å². The van der Waals surface area contributed by atoms with Crippen molar-refractivity contribution in [2.45, 2.75) is 6.10 Å². The largest absolute Gasteiger partial charge is 0.467 e. The first-order valence-electron chi connectivity index (χ1n) is 3.77. The normalized spacial score (nSPS) is 12.3. The van der Waals surface area contributed by atoms with Crippen LogP contribution in [0.1, 0.15) is 11.7 Å². The van der Waals surface area contributed by atoms with Gasteiger partial charge in [0.15, 0.2) is 6.10 Å². The minimum absolute atomic E-state index is 0.0972. The Morgan fingerprint density at radius 3 is 2.79 bits per heavy atom. The molecule has 1 aromatic carbocycles. The third-order valence-corrected chi connectivity index (χ3v) is 2.17. The highest BCUT2D eigenvalue weighted by Gasteiger charge is 2.21. The Labute approximate surface area is 88.6 Å². The lowest BCUT2D eigenvalue weighted by Gasteiger charge is -2.09. The maximum Gasteiger partial charge on any atom is 0.339 e. The molecule has 0 saturated carbocycles. The van der Waals surface area contributed by atoms with Crippen LogP contribution >= 0.6 is 15.9 Å². The van der Waals surface area contributed by atoms with Gasteiger partial charge in [0, 0.05) is 10.0 Å². The van der Waals surface area contributed by atoms with Crippen molar-refractivity contribution in [3.05, 3.63) is 34.1 Å². The summed E-state index contributed by atoms with van der Waals surface area (Å²) in [4.78, 5) is 10.9. The molecule has 1 N–H and O–H groups in total. The van der Waals surface area contributed by atoms with Gasteiger partial charge in [-0.15, -0.1) is 0 Å². The average Bonchev–Trinajstić information content (AvgIpc) is 2.15. The lowest BCUT2D eigenvalue weighted by atomic mass is 10.1. The van der Waals surface area contributed by atoms with Gasteiger partial charge in [0.1, 0.15) is 5.82 Å².